The minimum atomic E-state index is 0.0204. The predicted octanol–water partition coefficient (Wildman–Crippen LogP) is 18.3. The fourth-order valence-corrected chi connectivity index (χ4v) is 11.4. The molecule has 0 saturated carbocycles. The van der Waals surface area contributed by atoms with Crippen LogP contribution in [0, 0.1) is 0 Å². The van der Waals surface area contributed by atoms with E-state index >= 15 is 0 Å². The normalized spacial score (nSPS) is 12.4. The molecule has 0 fully saturated rings. The molecule has 0 radical (unpaired) electrons. The first-order valence-electron chi connectivity index (χ1n) is 24.8. The van der Waals surface area contributed by atoms with E-state index in [0.717, 1.165) is 64.8 Å². The highest BCUT2D eigenvalue weighted by molar-refractivity contribution is 9.10. The van der Waals surface area contributed by atoms with Crippen molar-refractivity contribution < 1.29 is 0 Å². The maximum absolute atomic E-state index is 5.24. The molecule has 0 spiro atoms. The van der Waals surface area contributed by atoms with Crippen LogP contribution in [0.4, 0.5) is 0 Å². The van der Waals surface area contributed by atoms with Crippen LogP contribution in [0.3, 0.4) is 0 Å². The lowest BCUT2D eigenvalue weighted by Crippen LogP contribution is -2.10. The lowest BCUT2D eigenvalue weighted by Gasteiger charge is -2.19. The number of halogens is 2. The van der Waals surface area contributed by atoms with Gasteiger partial charge < -0.3 is 13.7 Å². The standard InChI is InChI=1S/C65H50Br2N6/c1-64(2,3)42-21-31-57-51(35-42)52-36-43(65(4,5)6)22-32-58(52)73(57)48-29-19-41(20-30-48)63-69-61(39-15-25-46(26-16-39)71-55-13-9-7-11-49(55)53-37-44(66)23-33-59(53)71)68-62(70-63)40-17-27-47(28-18-40)72-56-14-10-8-12-50(56)54-38-45(67)24-34-60(54)72/h7-38H,1-6H3. The Hall–Kier alpha value is -7.65. The molecule has 13 rings (SSSR count). The van der Waals surface area contributed by atoms with Crippen LogP contribution in [0.2, 0.25) is 0 Å². The van der Waals surface area contributed by atoms with E-state index in [-0.39, 0.29) is 10.8 Å². The van der Waals surface area contributed by atoms with E-state index in [1.165, 1.54) is 54.5 Å². The van der Waals surface area contributed by atoms with Gasteiger partial charge >= 0.3 is 0 Å². The number of hydrogen-bond donors (Lipinski definition) is 0. The predicted molar refractivity (Wildman–Crippen MR) is 312 cm³/mol. The summed E-state index contributed by atoms with van der Waals surface area (Å²) >= 11 is 7.42. The summed E-state index contributed by atoms with van der Waals surface area (Å²) in [6.45, 7) is 13.7. The number of hydrogen-bond acceptors (Lipinski definition) is 3. The van der Waals surface area contributed by atoms with E-state index in [9.17, 15) is 0 Å². The molecule has 0 aliphatic heterocycles. The third-order valence-corrected chi connectivity index (χ3v) is 15.5. The van der Waals surface area contributed by atoms with Gasteiger partial charge in [-0.2, -0.15) is 0 Å². The Morgan fingerprint density at radius 2 is 0.589 bits per heavy atom. The van der Waals surface area contributed by atoms with Crippen molar-refractivity contribution in [1.29, 1.82) is 0 Å². The molecule has 0 bridgehead atoms. The topological polar surface area (TPSA) is 53.5 Å². The van der Waals surface area contributed by atoms with Gasteiger partial charge in [0.25, 0.3) is 0 Å². The van der Waals surface area contributed by atoms with Crippen LogP contribution in [0.1, 0.15) is 52.7 Å². The van der Waals surface area contributed by atoms with Crippen molar-refractivity contribution in [3.8, 4) is 51.2 Å². The molecule has 8 heteroatoms. The highest BCUT2D eigenvalue weighted by Crippen LogP contribution is 2.40. The molecule has 4 heterocycles. The number of fused-ring (bicyclic) bond motifs is 9. The number of nitrogens with zero attached hydrogens (tertiary/aromatic N) is 6. The quantitative estimate of drug-likeness (QED) is 0.167. The second kappa shape index (κ2) is 17.0. The van der Waals surface area contributed by atoms with Crippen molar-refractivity contribution in [1.82, 2.24) is 28.7 Å². The zero-order valence-corrected chi connectivity index (χ0v) is 44.6. The Balaban J connectivity index is 0.934. The molecular weight excluding hydrogens is 1020 g/mol. The lowest BCUT2D eigenvalue weighted by atomic mass is 9.85. The first-order valence-corrected chi connectivity index (χ1v) is 26.4. The second-order valence-electron chi connectivity index (χ2n) is 21.3. The summed E-state index contributed by atoms with van der Waals surface area (Å²) in [4.78, 5) is 15.7. The van der Waals surface area contributed by atoms with Crippen molar-refractivity contribution >= 4 is 97.3 Å². The Morgan fingerprint density at radius 1 is 0.301 bits per heavy atom. The van der Waals surface area contributed by atoms with E-state index in [1.807, 2.05) is 0 Å². The zero-order chi connectivity index (χ0) is 49.9. The van der Waals surface area contributed by atoms with Gasteiger partial charge in [0.15, 0.2) is 17.5 Å². The summed E-state index contributed by atoms with van der Waals surface area (Å²) < 4.78 is 9.16. The summed E-state index contributed by atoms with van der Waals surface area (Å²) in [5.74, 6) is 1.81. The molecule has 4 aromatic heterocycles. The molecule has 0 N–H and O–H groups in total. The molecular formula is C65H50Br2N6. The number of para-hydroxylation sites is 2. The van der Waals surface area contributed by atoms with Gasteiger partial charge in [0.1, 0.15) is 0 Å². The van der Waals surface area contributed by atoms with Gasteiger partial charge in [-0.1, -0.05) is 122 Å². The Morgan fingerprint density at radius 3 is 0.918 bits per heavy atom. The van der Waals surface area contributed by atoms with Crippen LogP contribution in [0.5, 0.6) is 0 Å². The number of aromatic nitrogens is 6. The first-order chi connectivity index (χ1) is 35.2. The molecule has 0 amide bonds. The van der Waals surface area contributed by atoms with Crippen molar-refractivity contribution in [2.45, 2.75) is 52.4 Å². The monoisotopic (exact) mass is 1070 g/mol. The minimum Gasteiger partial charge on any atom is -0.309 e. The lowest BCUT2D eigenvalue weighted by molar-refractivity contribution is 0.590. The molecule has 9 aromatic carbocycles. The largest absolute Gasteiger partial charge is 0.309 e. The van der Waals surface area contributed by atoms with Crippen molar-refractivity contribution in [2.24, 2.45) is 0 Å². The second-order valence-corrected chi connectivity index (χ2v) is 23.1. The van der Waals surface area contributed by atoms with E-state index in [0.29, 0.717) is 17.5 Å². The van der Waals surface area contributed by atoms with Crippen LogP contribution in [0.25, 0.3) is 117 Å². The first kappa shape index (κ1) is 45.2. The minimum absolute atomic E-state index is 0.0204. The van der Waals surface area contributed by atoms with Crippen LogP contribution < -0.4 is 0 Å². The zero-order valence-electron chi connectivity index (χ0n) is 41.4. The molecule has 0 atom stereocenters. The van der Waals surface area contributed by atoms with Crippen molar-refractivity contribution in [3.63, 3.8) is 0 Å². The van der Waals surface area contributed by atoms with Crippen LogP contribution in [0.15, 0.2) is 203 Å². The Kier molecular flexibility index (Phi) is 10.5. The summed E-state index contributed by atoms with van der Waals surface area (Å²) in [5.41, 5.74) is 15.5. The SMILES string of the molecule is CC(C)(C)c1ccc2c(c1)c1cc(C(C)(C)C)ccc1n2-c1ccc(-c2nc(-c3ccc(-n4c5ccccc5c5cc(Br)ccc54)cc3)nc(-c3ccc(-n4c5ccccc5c5cc(Br)ccc54)cc3)n2)cc1. The molecule has 0 aliphatic rings. The third kappa shape index (κ3) is 7.69. The highest BCUT2D eigenvalue weighted by atomic mass is 79.9. The molecule has 0 unspecified atom stereocenters. The molecule has 354 valence electrons. The van der Waals surface area contributed by atoms with E-state index in [4.69, 9.17) is 15.0 Å². The summed E-state index contributed by atoms with van der Waals surface area (Å²) in [6.07, 6.45) is 0. The molecule has 0 saturated heterocycles. The van der Waals surface area contributed by atoms with Gasteiger partial charge in [0.05, 0.1) is 33.1 Å². The Bertz CT molecular complexity index is 4080. The maximum Gasteiger partial charge on any atom is 0.164 e. The van der Waals surface area contributed by atoms with Crippen LogP contribution in [-0.2, 0) is 10.8 Å². The highest BCUT2D eigenvalue weighted by Gasteiger charge is 2.22. The van der Waals surface area contributed by atoms with Gasteiger partial charge in [-0.25, -0.2) is 15.0 Å². The average molecular weight is 1070 g/mol. The summed E-state index contributed by atoms with van der Waals surface area (Å²) in [7, 11) is 0. The third-order valence-electron chi connectivity index (χ3n) is 14.6. The summed E-state index contributed by atoms with van der Waals surface area (Å²) in [5, 5.41) is 7.34. The van der Waals surface area contributed by atoms with Gasteiger partial charge in [-0.05, 0) is 168 Å². The average Bonchev–Trinajstić information content (AvgIpc) is 4.03. The van der Waals surface area contributed by atoms with E-state index in [1.54, 1.807) is 0 Å². The van der Waals surface area contributed by atoms with Crippen molar-refractivity contribution in [3.05, 3.63) is 214 Å². The fourth-order valence-electron chi connectivity index (χ4n) is 10.7. The van der Waals surface area contributed by atoms with Crippen LogP contribution in [-0.4, -0.2) is 28.7 Å². The van der Waals surface area contributed by atoms with Gasteiger partial charge in [0, 0.05) is 75.0 Å². The van der Waals surface area contributed by atoms with Gasteiger partial charge in [-0.3, -0.25) is 0 Å². The smallest absolute Gasteiger partial charge is 0.164 e. The van der Waals surface area contributed by atoms with Gasteiger partial charge in [-0.15, -0.1) is 0 Å². The van der Waals surface area contributed by atoms with E-state index < -0.39 is 0 Å². The van der Waals surface area contributed by atoms with Crippen molar-refractivity contribution in [2.75, 3.05) is 0 Å². The molecule has 13 aromatic rings. The van der Waals surface area contributed by atoms with Gasteiger partial charge in [0.2, 0.25) is 0 Å². The molecule has 73 heavy (non-hydrogen) atoms. The van der Waals surface area contributed by atoms with Crippen LogP contribution >= 0.6 is 31.9 Å². The fraction of sp³-hybridized carbons (Fsp3) is 0.123. The van der Waals surface area contributed by atoms with E-state index in [2.05, 4.69) is 281 Å². The summed E-state index contributed by atoms with van der Waals surface area (Å²) in [6, 6.07) is 70.0. The molecule has 6 nitrogen and oxygen atoms in total. The maximum atomic E-state index is 5.24. The number of rotatable bonds is 6. The molecule has 0 aliphatic carbocycles. The number of benzene rings is 9. The Labute approximate surface area is 440 Å².